The molecule has 0 rings (SSSR count). The van der Waals surface area contributed by atoms with Crippen LogP contribution in [0.1, 0.15) is 309 Å². The van der Waals surface area contributed by atoms with Gasteiger partial charge in [-0.1, -0.05) is 249 Å². The van der Waals surface area contributed by atoms with E-state index in [2.05, 4.69) is 43.5 Å². The first-order valence-corrected chi connectivity index (χ1v) is 29.3. The largest absolute Gasteiger partial charge is 0.466 e. The number of allylic oxidation sites excluding steroid dienone is 5. The Hall–Kier alpha value is -1.92. The zero-order chi connectivity index (χ0) is 47.9. The van der Waals surface area contributed by atoms with Gasteiger partial charge >= 0.3 is 5.97 Å². The third-order valence-electron chi connectivity index (χ3n) is 13.4. The Labute approximate surface area is 411 Å². The zero-order valence-corrected chi connectivity index (χ0v) is 44.2. The van der Waals surface area contributed by atoms with Crippen molar-refractivity contribution in [3.05, 3.63) is 36.5 Å². The van der Waals surface area contributed by atoms with Crippen LogP contribution in [0.25, 0.3) is 0 Å². The number of amides is 1. The quantitative estimate of drug-likeness (QED) is 0.0321. The van der Waals surface area contributed by atoms with E-state index in [1.807, 2.05) is 6.08 Å². The summed E-state index contributed by atoms with van der Waals surface area (Å²) in [7, 11) is 0. The number of carbonyl (C=O) groups is 2. The molecule has 0 aliphatic carbocycles. The molecule has 2 atom stereocenters. The minimum Gasteiger partial charge on any atom is -0.466 e. The highest BCUT2D eigenvalue weighted by Crippen LogP contribution is 2.16. The van der Waals surface area contributed by atoms with Crippen LogP contribution in [0.3, 0.4) is 0 Å². The maximum Gasteiger partial charge on any atom is 0.305 e. The van der Waals surface area contributed by atoms with Crippen LogP contribution in [0, 0.1) is 0 Å². The van der Waals surface area contributed by atoms with Crippen molar-refractivity contribution in [2.45, 2.75) is 321 Å². The first-order valence-electron chi connectivity index (χ1n) is 29.3. The van der Waals surface area contributed by atoms with Crippen molar-refractivity contribution in [3.63, 3.8) is 0 Å². The number of aliphatic hydroxyl groups excluding tert-OH is 2. The van der Waals surface area contributed by atoms with Crippen LogP contribution >= 0.6 is 0 Å². The summed E-state index contributed by atoms with van der Waals surface area (Å²) in [5.74, 6) is -0.102. The third-order valence-corrected chi connectivity index (χ3v) is 13.4. The van der Waals surface area contributed by atoms with Gasteiger partial charge in [0.05, 0.1) is 25.4 Å². The fourth-order valence-electron chi connectivity index (χ4n) is 8.86. The average molecular weight is 929 g/mol. The summed E-state index contributed by atoms with van der Waals surface area (Å²) in [6.07, 6.45) is 68.8. The van der Waals surface area contributed by atoms with Crippen LogP contribution in [0.4, 0.5) is 0 Å². The maximum atomic E-state index is 12.5. The zero-order valence-electron chi connectivity index (χ0n) is 44.2. The van der Waals surface area contributed by atoms with Gasteiger partial charge in [0.2, 0.25) is 5.91 Å². The van der Waals surface area contributed by atoms with E-state index in [-0.39, 0.29) is 18.5 Å². The number of rotatable bonds is 54. The Morgan fingerprint density at radius 3 is 1.09 bits per heavy atom. The molecule has 0 aliphatic heterocycles. The molecule has 0 aliphatic rings. The van der Waals surface area contributed by atoms with Gasteiger partial charge in [-0.15, -0.1) is 0 Å². The van der Waals surface area contributed by atoms with Gasteiger partial charge in [-0.25, -0.2) is 0 Å². The van der Waals surface area contributed by atoms with Gasteiger partial charge in [0.25, 0.3) is 0 Å². The molecule has 0 saturated heterocycles. The van der Waals surface area contributed by atoms with E-state index in [0.29, 0.717) is 19.4 Å². The minimum atomic E-state index is -0.856. The summed E-state index contributed by atoms with van der Waals surface area (Å²) in [6, 6.07) is -0.641. The number of nitrogens with one attached hydrogen (secondary N) is 1. The van der Waals surface area contributed by atoms with E-state index in [1.54, 1.807) is 6.08 Å². The topological polar surface area (TPSA) is 95.9 Å². The van der Waals surface area contributed by atoms with E-state index in [4.69, 9.17) is 4.74 Å². The Morgan fingerprint density at radius 2 is 0.712 bits per heavy atom. The highest BCUT2D eigenvalue weighted by molar-refractivity contribution is 5.76. The lowest BCUT2D eigenvalue weighted by Gasteiger charge is -2.20. The van der Waals surface area contributed by atoms with Crippen LogP contribution in [-0.2, 0) is 14.3 Å². The van der Waals surface area contributed by atoms with E-state index >= 15 is 0 Å². The predicted octanol–water partition coefficient (Wildman–Crippen LogP) is 18.0. The van der Waals surface area contributed by atoms with Gasteiger partial charge in [0.1, 0.15) is 0 Å². The second-order valence-electron chi connectivity index (χ2n) is 20.0. The van der Waals surface area contributed by atoms with Crippen molar-refractivity contribution >= 4 is 11.9 Å². The molecule has 6 nitrogen and oxygen atoms in total. The first-order chi connectivity index (χ1) is 32.5. The molecule has 0 aromatic heterocycles. The predicted molar refractivity (Wildman–Crippen MR) is 287 cm³/mol. The Kier molecular flexibility index (Phi) is 54.1. The van der Waals surface area contributed by atoms with E-state index < -0.39 is 12.1 Å². The summed E-state index contributed by atoms with van der Waals surface area (Å²) < 4.78 is 5.45. The number of hydrogen-bond acceptors (Lipinski definition) is 5. The Balaban J connectivity index is 3.52. The van der Waals surface area contributed by atoms with Crippen LogP contribution in [0.2, 0.25) is 0 Å². The molecule has 6 heteroatoms. The van der Waals surface area contributed by atoms with Crippen molar-refractivity contribution in [1.82, 2.24) is 5.32 Å². The Morgan fingerprint density at radius 1 is 0.409 bits per heavy atom. The fourth-order valence-corrected chi connectivity index (χ4v) is 8.86. The van der Waals surface area contributed by atoms with Gasteiger partial charge in [0.15, 0.2) is 0 Å². The second-order valence-corrected chi connectivity index (χ2v) is 20.0. The molecule has 388 valence electrons. The highest BCUT2D eigenvalue weighted by atomic mass is 16.5. The number of aliphatic hydroxyl groups is 2. The van der Waals surface area contributed by atoms with Gasteiger partial charge in [-0.2, -0.15) is 0 Å². The molecule has 1 amide bonds. The number of unbranched alkanes of at least 4 members (excludes halogenated alkanes) is 39. The van der Waals surface area contributed by atoms with E-state index in [9.17, 15) is 19.8 Å². The van der Waals surface area contributed by atoms with Crippen molar-refractivity contribution in [2.75, 3.05) is 13.2 Å². The number of carbonyl (C=O) groups excluding carboxylic acids is 2. The molecule has 2 unspecified atom stereocenters. The van der Waals surface area contributed by atoms with Gasteiger partial charge < -0.3 is 20.3 Å². The summed E-state index contributed by atoms with van der Waals surface area (Å²) >= 11 is 0. The van der Waals surface area contributed by atoms with Crippen LogP contribution in [0.5, 0.6) is 0 Å². The molecule has 0 radical (unpaired) electrons. The summed E-state index contributed by atoms with van der Waals surface area (Å²) in [5, 5.41) is 23.2. The number of ether oxygens (including phenoxy) is 1. The lowest BCUT2D eigenvalue weighted by Crippen LogP contribution is -2.45. The van der Waals surface area contributed by atoms with Crippen molar-refractivity contribution in [3.8, 4) is 0 Å². The van der Waals surface area contributed by atoms with E-state index in [0.717, 1.165) is 70.6 Å². The van der Waals surface area contributed by atoms with Crippen LogP contribution in [-0.4, -0.2) is 47.4 Å². The van der Waals surface area contributed by atoms with Crippen LogP contribution < -0.4 is 5.32 Å². The normalized spacial score (nSPS) is 12.8. The standard InChI is InChI=1S/C60H113NO5/c1-3-5-7-9-11-13-15-17-18-19-20-21-22-23-25-29-32-36-40-44-48-52-58(63)57(56-62)61-59(64)53-49-45-41-37-33-30-26-24-27-31-35-39-43-47-51-55-66-60(65)54-50-46-42-38-34-28-16-14-12-10-8-6-4-2/h14,16,27,31,48,52,57-58,62-63H,3-13,15,17-26,28-30,32-47,49-51,53-56H2,1-2H3,(H,61,64)/b16-14-,31-27-,52-48+. The molecular formula is C60H113NO5. The van der Waals surface area contributed by atoms with Crippen molar-refractivity contribution < 1.29 is 24.5 Å². The Bertz CT molecular complexity index is 1070. The highest BCUT2D eigenvalue weighted by Gasteiger charge is 2.18. The molecule has 66 heavy (non-hydrogen) atoms. The lowest BCUT2D eigenvalue weighted by molar-refractivity contribution is -0.143. The molecule has 3 N–H and O–H groups in total. The van der Waals surface area contributed by atoms with Gasteiger partial charge in [-0.3, -0.25) is 9.59 Å². The molecule has 0 saturated carbocycles. The maximum absolute atomic E-state index is 12.5. The number of esters is 1. The minimum absolute atomic E-state index is 0.0204. The van der Waals surface area contributed by atoms with Crippen LogP contribution in [0.15, 0.2) is 36.5 Å². The molecule has 0 aromatic rings. The smallest absolute Gasteiger partial charge is 0.305 e. The summed E-state index contributed by atoms with van der Waals surface area (Å²) in [5.41, 5.74) is 0. The molecular weight excluding hydrogens is 815 g/mol. The molecule has 0 fully saturated rings. The van der Waals surface area contributed by atoms with Crippen molar-refractivity contribution in [2.24, 2.45) is 0 Å². The molecule has 0 aromatic carbocycles. The second kappa shape index (κ2) is 55.7. The molecule has 0 spiro atoms. The summed E-state index contributed by atoms with van der Waals surface area (Å²) in [6.45, 7) is 4.86. The third kappa shape index (κ3) is 51.5. The number of hydrogen-bond donors (Lipinski definition) is 3. The first kappa shape index (κ1) is 64.1. The fraction of sp³-hybridized carbons (Fsp3) is 0.867. The van der Waals surface area contributed by atoms with E-state index in [1.165, 1.54) is 212 Å². The van der Waals surface area contributed by atoms with Gasteiger partial charge in [-0.05, 0) is 83.5 Å². The van der Waals surface area contributed by atoms with Crippen molar-refractivity contribution in [1.29, 1.82) is 0 Å². The molecule has 0 heterocycles. The lowest BCUT2D eigenvalue weighted by atomic mass is 10.0. The van der Waals surface area contributed by atoms with Gasteiger partial charge in [0, 0.05) is 12.8 Å². The monoisotopic (exact) mass is 928 g/mol. The SMILES string of the molecule is CCCCCC/C=C\CCCCCCCC(=O)OCCCCCC/C=C\CCCCCCCCCC(=O)NC(CO)C(O)/C=C/CCCCCCCCCCCCCCCCCCCCC. The summed E-state index contributed by atoms with van der Waals surface area (Å²) in [4.78, 5) is 24.5. The average Bonchev–Trinajstić information content (AvgIpc) is 3.32. The molecule has 0 bridgehead atoms.